The van der Waals surface area contributed by atoms with Gasteiger partial charge in [0.05, 0.1) is 4.90 Å². The average molecular weight is 333 g/mol. The van der Waals surface area contributed by atoms with E-state index in [1.807, 2.05) is 0 Å². The Labute approximate surface area is 132 Å². The number of halogens is 1. The van der Waals surface area contributed by atoms with E-state index in [1.54, 1.807) is 31.5 Å². The highest BCUT2D eigenvalue weighted by Gasteiger charge is 2.18. The van der Waals surface area contributed by atoms with Crippen molar-refractivity contribution in [2.45, 2.75) is 11.8 Å². The number of sulfonamides is 1. The minimum atomic E-state index is -3.96. The maximum absolute atomic E-state index is 13.5. The van der Waals surface area contributed by atoms with Crippen molar-refractivity contribution in [3.05, 3.63) is 60.2 Å². The van der Waals surface area contributed by atoms with Crippen molar-refractivity contribution in [2.75, 3.05) is 4.72 Å². The molecular formula is C15H12FN3O3S. The molecule has 8 heteroatoms. The third-order valence-corrected chi connectivity index (χ3v) is 4.52. The number of anilines is 1. The van der Waals surface area contributed by atoms with Gasteiger partial charge in [-0.1, -0.05) is 11.2 Å². The minimum absolute atomic E-state index is 0.0576. The minimum Gasteiger partial charge on any atom is -0.337 e. The lowest BCUT2D eigenvalue weighted by atomic mass is 10.2. The van der Waals surface area contributed by atoms with Gasteiger partial charge in [0, 0.05) is 24.0 Å². The van der Waals surface area contributed by atoms with E-state index in [0.29, 0.717) is 11.3 Å². The summed E-state index contributed by atoms with van der Waals surface area (Å²) in [4.78, 5) is 3.69. The van der Waals surface area contributed by atoms with E-state index < -0.39 is 15.8 Å². The van der Waals surface area contributed by atoms with Crippen LogP contribution in [0.2, 0.25) is 0 Å². The van der Waals surface area contributed by atoms with Crippen LogP contribution in [0.1, 0.15) is 5.56 Å². The summed E-state index contributed by atoms with van der Waals surface area (Å²) >= 11 is 0. The standard InChI is InChI=1S/C15H12FN3O3S/c1-10-2-3-12(8-13(10)16)23(20,21)19-15-9-14(18-22-15)11-4-6-17-7-5-11/h2-9,19H,1H3. The molecule has 2 heterocycles. The number of hydrogen-bond donors (Lipinski definition) is 1. The molecule has 6 nitrogen and oxygen atoms in total. The van der Waals surface area contributed by atoms with Crippen LogP contribution in [0.25, 0.3) is 11.3 Å². The van der Waals surface area contributed by atoms with Crippen molar-refractivity contribution < 1.29 is 17.3 Å². The molecule has 0 atom stereocenters. The molecule has 0 saturated carbocycles. The zero-order valence-electron chi connectivity index (χ0n) is 12.0. The van der Waals surface area contributed by atoms with Gasteiger partial charge < -0.3 is 4.52 Å². The largest absolute Gasteiger partial charge is 0.337 e. The van der Waals surface area contributed by atoms with Crippen LogP contribution >= 0.6 is 0 Å². The van der Waals surface area contributed by atoms with Crippen LogP contribution in [0.5, 0.6) is 0 Å². The Bertz CT molecular complexity index is 940. The number of nitrogens with one attached hydrogen (secondary N) is 1. The molecule has 118 valence electrons. The summed E-state index contributed by atoms with van der Waals surface area (Å²) in [6.07, 6.45) is 3.17. The Morgan fingerprint density at radius 2 is 1.87 bits per heavy atom. The van der Waals surface area contributed by atoms with Crippen LogP contribution in [0.3, 0.4) is 0 Å². The van der Waals surface area contributed by atoms with Crippen LogP contribution in [0.4, 0.5) is 10.3 Å². The average Bonchev–Trinajstić information content (AvgIpc) is 2.98. The van der Waals surface area contributed by atoms with Gasteiger partial charge in [0.1, 0.15) is 11.5 Å². The molecule has 0 unspecified atom stereocenters. The Morgan fingerprint density at radius 3 is 2.57 bits per heavy atom. The summed E-state index contributed by atoms with van der Waals surface area (Å²) in [6, 6.07) is 8.54. The molecule has 0 amide bonds. The second kappa shape index (κ2) is 5.81. The molecule has 0 fully saturated rings. The molecule has 1 aromatic carbocycles. The number of nitrogens with zero attached hydrogens (tertiary/aromatic N) is 2. The molecule has 0 aliphatic carbocycles. The number of aromatic nitrogens is 2. The quantitative estimate of drug-likeness (QED) is 0.793. The van der Waals surface area contributed by atoms with Crippen LogP contribution in [-0.2, 0) is 10.0 Å². The fourth-order valence-corrected chi connectivity index (χ4v) is 2.90. The Hall–Kier alpha value is -2.74. The second-order valence-electron chi connectivity index (χ2n) is 4.83. The summed E-state index contributed by atoms with van der Waals surface area (Å²) in [5, 5.41) is 3.79. The molecule has 0 spiro atoms. The van der Waals surface area contributed by atoms with Gasteiger partial charge in [0.25, 0.3) is 10.0 Å². The molecule has 2 aromatic heterocycles. The SMILES string of the molecule is Cc1ccc(S(=O)(=O)Nc2cc(-c3ccncc3)no2)cc1F. The maximum atomic E-state index is 13.5. The van der Waals surface area contributed by atoms with E-state index in [9.17, 15) is 12.8 Å². The number of rotatable bonds is 4. The van der Waals surface area contributed by atoms with E-state index in [4.69, 9.17) is 4.52 Å². The highest BCUT2D eigenvalue weighted by Crippen LogP contribution is 2.23. The number of pyridine rings is 1. The first kappa shape index (κ1) is 15.2. The van der Waals surface area contributed by atoms with Crippen LogP contribution in [-0.4, -0.2) is 18.6 Å². The summed E-state index contributed by atoms with van der Waals surface area (Å²) in [5.41, 5.74) is 1.55. The molecule has 0 bridgehead atoms. The van der Waals surface area contributed by atoms with Crippen LogP contribution in [0.15, 0.2) is 58.2 Å². The monoisotopic (exact) mass is 333 g/mol. The molecular weight excluding hydrogens is 321 g/mol. The second-order valence-corrected chi connectivity index (χ2v) is 6.51. The van der Waals surface area contributed by atoms with Gasteiger partial charge in [-0.25, -0.2) is 17.5 Å². The Morgan fingerprint density at radius 1 is 1.13 bits per heavy atom. The zero-order valence-corrected chi connectivity index (χ0v) is 12.8. The van der Waals surface area contributed by atoms with E-state index in [2.05, 4.69) is 14.9 Å². The van der Waals surface area contributed by atoms with Gasteiger partial charge in [-0.2, -0.15) is 0 Å². The van der Waals surface area contributed by atoms with E-state index in [1.165, 1.54) is 18.2 Å². The molecule has 0 saturated heterocycles. The van der Waals surface area contributed by atoms with Crippen molar-refractivity contribution in [2.24, 2.45) is 0 Å². The lowest BCUT2D eigenvalue weighted by molar-refractivity contribution is 0.438. The smallest absolute Gasteiger partial charge is 0.264 e. The van der Waals surface area contributed by atoms with Gasteiger partial charge in [0.2, 0.25) is 5.88 Å². The van der Waals surface area contributed by atoms with Crippen molar-refractivity contribution in [3.63, 3.8) is 0 Å². The summed E-state index contributed by atoms with van der Waals surface area (Å²) in [6.45, 7) is 1.55. The van der Waals surface area contributed by atoms with E-state index in [0.717, 1.165) is 11.6 Å². The number of hydrogen-bond acceptors (Lipinski definition) is 5. The van der Waals surface area contributed by atoms with Gasteiger partial charge in [-0.3, -0.25) is 4.98 Å². The predicted octanol–water partition coefficient (Wildman–Crippen LogP) is 2.98. The fourth-order valence-electron chi connectivity index (χ4n) is 1.91. The lowest BCUT2D eigenvalue weighted by Gasteiger charge is -2.05. The third-order valence-electron chi connectivity index (χ3n) is 3.17. The molecule has 3 rings (SSSR count). The Kier molecular flexibility index (Phi) is 3.83. The van der Waals surface area contributed by atoms with E-state index >= 15 is 0 Å². The fraction of sp³-hybridized carbons (Fsp3) is 0.0667. The third kappa shape index (κ3) is 3.21. The molecule has 0 radical (unpaired) electrons. The first-order chi connectivity index (χ1) is 11.0. The first-order valence-corrected chi connectivity index (χ1v) is 8.10. The van der Waals surface area contributed by atoms with Gasteiger partial charge in [0.15, 0.2) is 0 Å². The molecule has 3 aromatic rings. The normalized spacial score (nSPS) is 11.4. The molecule has 23 heavy (non-hydrogen) atoms. The molecule has 0 aliphatic heterocycles. The zero-order chi connectivity index (χ0) is 16.4. The van der Waals surface area contributed by atoms with Crippen LogP contribution in [0, 0.1) is 12.7 Å². The highest BCUT2D eigenvalue weighted by atomic mass is 32.2. The van der Waals surface area contributed by atoms with Crippen molar-refractivity contribution >= 4 is 15.9 Å². The van der Waals surface area contributed by atoms with Crippen molar-refractivity contribution in [3.8, 4) is 11.3 Å². The summed E-state index contributed by atoms with van der Waals surface area (Å²) in [5.74, 6) is -0.652. The molecule has 0 aliphatic rings. The molecule has 1 N–H and O–H groups in total. The summed E-state index contributed by atoms with van der Waals surface area (Å²) in [7, 11) is -3.96. The van der Waals surface area contributed by atoms with E-state index in [-0.39, 0.29) is 10.8 Å². The number of benzene rings is 1. The summed E-state index contributed by atoms with van der Waals surface area (Å²) < 4.78 is 45.2. The van der Waals surface area contributed by atoms with Gasteiger partial charge >= 0.3 is 0 Å². The van der Waals surface area contributed by atoms with Crippen molar-refractivity contribution in [1.29, 1.82) is 0 Å². The topological polar surface area (TPSA) is 85.1 Å². The van der Waals surface area contributed by atoms with Crippen LogP contribution < -0.4 is 4.72 Å². The maximum Gasteiger partial charge on any atom is 0.264 e. The highest BCUT2D eigenvalue weighted by molar-refractivity contribution is 7.92. The predicted molar refractivity (Wildman–Crippen MR) is 81.7 cm³/mol. The van der Waals surface area contributed by atoms with Gasteiger partial charge in [-0.05, 0) is 36.8 Å². The lowest BCUT2D eigenvalue weighted by Crippen LogP contribution is -2.12. The van der Waals surface area contributed by atoms with Crippen molar-refractivity contribution in [1.82, 2.24) is 10.1 Å². The van der Waals surface area contributed by atoms with Gasteiger partial charge in [-0.15, -0.1) is 0 Å². The Balaban J connectivity index is 1.86. The first-order valence-electron chi connectivity index (χ1n) is 6.62. The number of aryl methyl sites for hydroxylation is 1.